The summed E-state index contributed by atoms with van der Waals surface area (Å²) in [5.74, 6) is -0.0162. The van der Waals surface area contributed by atoms with Crippen LogP contribution in [-0.4, -0.2) is 35.5 Å². The van der Waals surface area contributed by atoms with E-state index < -0.39 is 0 Å². The maximum Gasteiger partial charge on any atom is 0.310 e. The first-order valence-corrected chi connectivity index (χ1v) is 8.62. The molecule has 1 aromatic heterocycles. The second kappa shape index (κ2) is 6.88. The van der Waals surface area contributed by atoms with Gasteiger partial charge in [0.15, 0.2) is 0 Å². The van der Waals surface area contributed by atoms with Crippen molar-refractivity contribution in [1.82, 2.24) is 9.88 Å². The molecule has 4 nitrogen and oxygen atoms in total. The lowest BCUT2D eigenvalue weighted by molar-refractivity contribution is -0.150. The quantitative estimate of drug-likeness (QED) is 0.801. The second-order valence-corrected chi connectivity index (χ2v) is 7.65. The third-order valence-electron chi connectivity index (χ3n) is 3.80. The molecule has 1 fully saturated rings. The summed E-state index contributed by atoms with van der Waals surface area (Å²) < 4.78 is 5.15. The molecule has 1 aliphatic heterocycles. The normalized spacial score (nSPS) is 20.5. The molecule has 0 spiro atoms. The van der Waals surface area contributed by atoms with E-state index in [1.807, 2.05) is 6.92 Å². The summed E-state index contributed by atoms with van der Waals surface area (Å²) in [6.45, 7) is 11.6. The molecule has 118 valence electrons. The molecule has 1 atom stereocenters. The van der Waals surface area contributed by atoms with E-state index in [4.69, 9.17) is 9.72 Å². The number of aromatic nitrogens is 1. The third-order valence-corrected chi connectivity index (χ3v) is 4.64. The smallest absolute Gasteiger partial charge is 0.310 e. The molecule has 0 unspecified atom stereocenters. The van der Waals surface area contributed by atoms with Crippen molar-refractivity contribution in [2.45, 2.75) is 52.5 Å². The third kappa shape index (κ3) is 4.51. The van der Waals surface area contributed by atoms with E-state index in [-0.39, 0.29) is 17.3 Å². The van der Waals surface area contributed by atoms with Crippen LogP contribution >= 0.6 is 11.3 Å². The molecule has 2 heterocycles. The van der Waals surface area contributed by atoms with Gasteiger partial charge in [0.25, 0.3) is 0 Å². The Morgan fingerprint density at radius 3 is 2.90 bits per heavy atom. The Bertz CT molecular complexity index is 479. The van der Waals surface area contributed by atoms with Crippen LogP contribution in [0.25, 0.3) is 0 Å². The lowest BCUT2D eigenvalue weighted by atomic mass is 9.93. The summed E-state index contributed by atoms with van der Waals surface area (Å²) in [5.41, 5.74) is 1.26. The van der Waals surface area contributed by atoms with Crippen molar-refractivity contribution in [2.24, 2.45) is 5.92 Å². The summed E-state index contributed by atoms with van der Waals surface area (Å²) in [4.78, 5) is 18.9. The molecule has 21 heavy (non-hydrogen) atoms. The van der Waals surface area contributed by atoms with Gasteiger partial charge in [0.2, 0.25) is 0 Å². The highest BCUT2D eigenvalue weighted by molar-refractivity contribution is 7.09. The summed E-state index contributed by atoms with van der Waals surface area (Å²) in [6, 6.07) is 0. The van der Waals surface area contributed by atoms with Crippen LogP contribution in [0.4, 0.5) is 0 Å². The number of esters is 1. The van der Waals surface area contributed by atoms with E-state index in [1.54, 1.807) is 11.3 Å². The van der Waals surface area contributed by atoms with Gasteiger partial charge in [0.1, 0.15) is 5.01 Å². The molecule has 5 heteroatoms. The molecule has 0 amide bonds. The average molecular weight is 310 g/mol. The lowest BCUT2D eigenvalue weighted by Gasteiger charge is -2.30. The molecule has 0 radical (unpaired) electrons. The number of carbonyl (C=O) groups is 1. The molecular formula is C16H26N2O2S. The fourth-order valence-electron chi connectivity index (χ4n) is 2.57. The highest BCUT2D eigenvalue weighted by Crippen LogP contribution is 2.26. The zero-order valence-electron chi connectivity index (χ0n) is 13.5. The molecular weight excluding hydrogens is 284 g/mol. The Morgan fingerprint density at radius 1 is 1.52 bits per heavy atom. The molecule has 0 saturated carbocycles. The molecule has 1 aliphatic rings. The zero-order chi connectivity index (χ0) is 15.5. The number of hydrogen-bond acceptors (Lipinski definition) is 5. The van der Waals surface area contributed by atoms with Gasteiger partial charge in [0, 0.05) is 17.3 Å². The van der Waals surface area contributed by atoms with Gasteiger partial charge < -0.3 is 4.74 Å². The van der Waals surface area contributed by atoms with E-state index in [0.717, 1.165) is 43.2 Å². The largest absolute Gasteiger partial charge is 0.466 e. The molecule has 2 rings (SSSR count). The summed E-state index contributed by atoms with van der Waals surface area (Å²) in [6.07, 6.45) is 2.00. The number of hydrogen-bond donors (Lipinski definition) is 0. The number of nitrogens with zero attached hydrogens (tertiary/aromatic N) is 2. The van der Waals surface area contributed by atoms with Crippen LogP contribution in [0.1, 0.15) is 51.2 Å². The highest BCUT2D eigenvalue weighted by atomic mass is 32.1. The second-order valence-electron chi connectivity index (χ2n) is 6.70. The highest BCUT2D eigenvalue weighted by Gasteiger charge is 2.27. The first kappa shape index (κ1) is 16.4. The Hall–Kier alpha value is -0.940. The van der Waals surface area contributed by atoms with Gasteiger partial charge in [-0.2, -0.15) is 0 Å². The van der Waals surface area contributed by atoms with Crippen LogP contribution in [-0.2, 0) is 21.5 Å². The van der Waals surface area contributed by atoms with Crippen molar-refractivity contribution < 1.29 is 9.53 Å². The van der Waals surface area contributed by atoms with Crippen molar-refractivity contribution in [1.29, 1.82) is 0 Å². The van der Waals surface area contributed by atoms with Crippen molar-refractivity contribution in [3.63, 3.8) is 0 Å². The SMILES string of the molecule is CCOC(=O)[C@@H]1CCCN(Cc2nc(C(C)(C)C)cs2)C1. The van der Waals surface area contributed by atoms with Gasteiger partial charge in [-0.15, -0.1) is 11.3 Å². The van der Waals surface area contributed by atoms with Gasteiger partial charge in [-0.25, -0.2) is 4.98 Å². The fraction of sp³-hybridized carbons (Fsp3) is 0.750. The number of carbonyl (C=O) groups excluding carboxylic acids is 1. The maximum atomic E-state index is 11.9. The Morgan fingerprint density at radius 2 is 2.29 bits per heavy atom. The molecule has 0 N–H and O–H groups in total. The van der Waals surface area contributed by atoms with Gasteiger partial charge in [-0.05, 0) is 26.3 Å². The van der Waals surface area contributed by atoms with Gasteiger partial charge in [0.05, 0.1) is 24.8 Å². The summed E-state index contributed by atoms with van der Waals surface area (Å²) in [5, 5.41) is 3.30. The number of likely N-dealkylation sites (tertiary alicyclic amines) is 1. The minimum Gasteiger partial charge on any atom is -0.466 e. The van der Waals surface area contributed by atoms with E-state index in [0.29, 0.717) is 6.61 Å². The number of ether oxygens (including phenoxy) is 1. The van der Waals surface area contributed by atoms with Crippen molar-refractivity contribution in [3.8, 4) is 0 Å². The van der Waals surface area contributed by atoms with Crippen LogP contribution in [0.15, 0.2) is 5.38 Å². The monoisotopic (exact) mass is 310 g/mol. The Balaban J connectivity index is 1.93. The van der Waals surface area contributed by atoms with Crippen LogP contribution < -0.4 is 0 Å². The van der Waals surface area contributed by atoms with Crippen LogP contribution in [0.2, 0.25) is 0 Å². The summed E-state index contributed by atoms with van der Waals surface area (Å²) in [7, 11) is 0. The first-order valence-electron chi connectivity index (χ1n) is 7.74. The molecule has 1 aromatic rings. The Labute approximate surface area is 131 Å². The predicted octanol–water partition coefficient (Wildman–Crippen LogP) is 3.22. The number of rotatable bonds is 4. The van der Waals surface area contributed by atoms with Crippen molar-refractivity contribution in [2.75, 3.05) is 19.7 Å². The predicted molar refractivity (Wildman–Crippen MR) is 85.4 cm³/mol. The first-order chi connectivity index (χ1) is 9.90. The van der Waals surface area contributed by atoms with Crippen molar-refractivity contribution >= 4 is 17.3 Å². The number of piperidine rings is 1. The van der Waals surface area contributed by atoms with Gasteiger partial charge in [-0.1, -0.05) is 20.8 Å². The van der Waals surface area contributed by atoms with Crippen LogP contribution in [0, 0.1) is 5.92 Å². The minimum atomic E-state index is -0.0447. The van der Waals surface area contributed by atoms with E-state index in [2.05, 4.69) is 31.1 Å². The van der Waals surface area contributed by atoms with E-state index >= 15 is 0 Å². The minimum absolute atomic E-state index is 0.0285. The number of thiazole rings is 1. The van der Waals surface area contributed by atoms with Gasteiger partial charge in [-0.3, -0.25) is 9.69 Å². The topological polar surface area (TPSA) is 42.4 Å². The lowest BCUT2D eigenvalue weighted by Crippen LogP contribution is -2.38. The Kier molecular flexibility index (Phi) is 5.38. The van der Waals surface area contributed by atoms with Gasteiger partial charge >= 0.3 is 5.97 Å². The van der Waals surface area contributed by atoms with E-state index in [9.17, 15) is 4.79 Å². The van der Waals surface area contributed by atoms with Crippen LogP contribution in [0.3, 0.4) is 0 Å². The summed E-state index contributed by atoms with van der Waals surface area (Å²) >= 11 is 1.72. The molecule has 1 saturated heterocycles. The molecule has 0 aliphatic carbocycles. The average Bonchev–Trinajstić information content (AvgIpc) is 2.88. The zero-order valence-corrected chi connectivity index (χ0v) is 14.3. The van der Waals surface area contributed by atoms with Crippen LogP contribution in [0.5, 0.6) is 0 Å². The maximum absolute atomic E-state index is 11.9. The van der Waals surface area contributed by atoms with E-state index in [1.165, 1.54) is 0 Å². The molecule has 0 bridgehead atoms. The van der Waals surface area contributed by atoms with Crippen molar-refractivity contribution in [3.05, 3.63) is 16.1 Å². The fourth-order valence-corrected chi connectivity index (χ4v) is 3.63. The molecule has 0 aromatic carbocycles. The standard InChI is InChI=1S/C16H26N2O2S/c1-5-20-15(19)12-7-6-8-18(9-12)10-14-17-13(11-21-14)16(2,3)4/h11-12H,5-10H2,1-4H3/t12-/m1/s1.